The van der Waals surface area contributed by atoms with Crippen molar-refractivity contribution in [2.45, 2.75) is 0 Å². The summed E-state index contributed by atoms with van der Waals surface area (Å²) >= 11 is 0. The van der Waals surface area contributed by atoms with Gasteiger partial charge in [-0.2, -0.15) is 0 Å². The van der Waals surface area contributed by atoms with Crippen molar-refractivity contribution in [2.75, 3.05) is 30.0 Å². The van der Waals surface area contributed by atoms with Gasteiger partial charge in [-0.3, -0.25) is 0 Å². The largest absolute Gasteiger partial charge is 0.399 e. The molecule has 0 saturated carbocycles. The van der Waals surface area contributed by atoms with Gasteiger partial charge in [0.15, 0.2) is 0 Å². The van der Waals surface area contributed by atoms with Gasteiger partial charge in [0.05, 0.1) is 5.52 Å². The molecule has 0 unspecified atom stereocenters. The third-order valence-electron chi connectivity index (χ3n) is 3.37. The lowest BCUT2D eigenvalue weighted by Crippen LogP contribution is -2.08. The Kier molecular flexibility index (Phi) is 3.36. The lowest BCUT2D eigenvalue weighted by molar-refractivity contribution is 1.13. The van der Waals surface area contributed by atoms with Gasteiger partial charge in [-0.1, -0.05) is 0 Å². The molecule has 106 valence electrons. The molecule has 21 heavy (non-hydrogen) atoms. The van der Waals surface area contributed by atoms with E-state index in [9.17, 15) is 0 Å². The summed E-state index contributed by atoms with van der Waals surface area (Å²) < 4.78 is 0. The molecule has 0 atom stereocenters. The SMILES string of the molecule is CN(C)c1ccc(Nc2ccc3cc(N)ccc3n2)cc1. The molecule has 1 aromatic heterocycles. The van der Waals surface area contributed by atoms with Crippen molar-refractivity contribution < 1.29 is 0 Å². The van der Waals surface area contributed by atoms with Crippen molar-refractivity contribution in [3.8, 4) is 0 Å². The second kappa shape index (κ2) is 5.32. The first kappa shape index (κ1) is 13.2. The Bertz CT molecular complexity index is 763. The summed E-state index contributed by atoms with van der Waals surface area (Å²) in [6.07, 6.45) is 0. The van der Waals surface area contributed by atoms with E-state index >= 15 is 0 Å². The van der Waals surface area contributed by atoms with Crippen LogP contribution >= 0.6 is 0 Å². The minimum Gasteiger partial charge on any atom is -0.399 e. The molecule has 4 nitrogen and oxygen atoms in total. The van der Waals surface area contributed by atoms with E-state index in [2.05, 4.69) is 27.3 Å². The molecule has 3 rings (SSSR count). The molecule has 3 N–H and O–H groups in total. The van der Waals surface area contributed by atoms with Crippen LogP contribution < -0.4 is 16.0 Å². The summed E-state index contributed by atoms with van der Waals surface area (Å²) in [6, 6.07) is 18.0. The predicted molar refractivity (Wildman–Crippen MR) is 90.2 cm³/mol. The standard InChI is InChI=1S/C17H18N4/c1-21(2)15-7-5-14(6-8-15)19-17-10-3-12-11-13(18)4-9-16(12)20-17/h3-11H,18H2,1-2H3,(H,19,20). The molecule has 0 aliphatic rings. The van der Waals surface area contributed by atoms with Crippen LogP contribution in [0.15, 0.2) is 54.6 Å². The van der Waals surface area contributed by atoms with Crippen LogP contribution in [0.4, 0.5) is 22.9 Å². The maximum atomic E-state index is 5.78. The van der Waals surface area contributed by atoms with Crippen LogP contribution in [0, 0.1) is 0 Å². The van der Waals surface area contributed by atoms with Gasteiger partial charge >= 0.3 is 0 Å². The summed E-state index contributed by atoms with van der Waals surface area (Å²) in [5, 5.41) is 4.36. The summed E-state index contributed by atoms with van der Waals surface area (Å²) in [5.74, 6) is 0.824. The molecule has 0 bridgehead atoms. The van der Waals surface area contributed by atoms with Crippen LogP contribution in [0.25, 0.3) is 10.9 Å². The summed E-state index contributed by atoms with van der Waals surface area (Å²) in [7, 11) is 4.05. The average molecular weight is 278 g/mol. The average Bonchev–Trinajstić information content (AvgIpc) is 2.48. The number of aromatic nitrogens is 1. The highest BCUT2D eigenvalue weighted by Gasteiger charge is 2.01. The summed E-state index contributed by atoms with van der Waals surface area (Å²) in [6.45, 7) is 0. The fourth-order valence-corrected chi connectivity index (χ4v) is 2.20. The van der Waals surface area contributed by atoms with Crippen molar-refractivity contribution in [1.29, 1.82) is 0 Å². The number of hydrogen-bond acceptors (Lipinski definition) is 4. The quantitative estimate of drug-likeness (QED) is 0.718. The van der Waals surface area contributed by atoms with E-state index < -0.39 is 0 Å². The Morgan fingerprint density at radius 2 is 1.71 bits per heavy atom. The van der Waals surface area contributed by atoms with Crippen molar-refractivity contribution in [3.05, 3.63) is 54.6 Å². The number of anilines is 4. The van der Waals surface area contributed by atoms with E-state index in [1.54, 1.807) is 0 Å². The van der Waals surface area contributed by atoms with E-state index in [1.165, 1.54) is 5.69 Å². The zero-order valence-corrected chi connectivity index (χ0v) is 12.2. The Hall–Kier alpha value is -2.75. The van der Waals surface area contributed by atoms with Crippen LogP contribution in [0.5, 0.6) is 0 Å². The molecule has 2 aromatic carbocycles. The minimum absolute atomic E-state index is 0.754. The molecule has 0 aliphatic carbocycles. The van der Waals surface area contributed by atoms with Gasteiger partial charge in [0, 0.05) is 36.5 Å². The van der Waals surface area contributed by atoms with Crippen LogP contribution in [-0.2, 0) is 0 Å². The zero-order valence-electron chi connectivity index (χ0n) is 12.2. The highest BCUT2D eigenvalue weighted by Crippen LogP contribution is 2.22. The Morgan fingerprint density at radius 3 is 2.43 bits per heavy atom. The van der Waals surface area contributed by atoms with E-state index in [1.807, 2.05) is 56.6 Å². The number of hydrogen-bond donors (Lipinski definition) is 2. The van der Waals surface area contributed by atoms with Gasteiger partial charge in [0.2, 0.25) is 0 Å². The zero-order chi connectivity index (χ0) is 14.8. The van der Waals surface area contributed by atoms with Crippen molar-refractivity contribution in [1.82, 2.24) is 4.98 Å². The maximum Gasteiger partial charge on any atom is 0.131 e. The van der Waals surface area contributed by atoms with Crippen molar-refractivity contribution >= 4 is 33.8 Å². The highest BCUT2D eigenvalue weighted by molar-refractivity contribution is 5.83. The third-order valence-corrected chi connectivity index (χ3v) is 3.37. The van der Waals surface area contributed by atoms with Crippen LogP contribution in [0.3, 0.4) is 0 Å². The molecule has 0 radical (unpaired) electrons. The molecule has 0 aliphatic heterocycles. The molecule has 0 fully saturated rings. The maximum absolute atomic E-state index is 5.78. The first-order valence-electron chi connectivity index (χ1n) is 6.82. The fraction of sp³-hybridized carbons (Fsp3) is 0.118. The second-order valence-electron chi connectivity index (χ2n) is 5.21. The van der Waals surface area contributed by atoms with Gasteiger partial charge < -0.3 is 16.0 Å². The first-order valence-corrected chi connectivity index (χ1v) is 6.82. The van der Waals surface area contributed by atoms with Gasteiger partial charge in [0.1, 0.15) is 5.82 Å². The lowest BCUT2D eigenvalue weighted by atomic mass is 10.2. The Balaban J connectivity index is 1.85. The Morgan fingerprint density at radius 1 is 0.952 bits per heavy atom. The van der Waals surface area contributed by atoms with Crippen LogP contribution in [0.1, 0.15) is 0 Å². The normalized spacial score (nSPS) is 10.6. The van der Waals surface area contributed by atoms with E-state index in [0.717, 1.165) is 28.1 Å². The molecule has 0 saturated heterocycles. The molecule has 0 spiro atoms. The van der Waals surface area contributed by atoms with Gasteiger partial charge in [-0.25, -0.2) is 4.98 Å². The summed E-state index contributed by atoms with van der Waals surface area (Å²) in [4.78, 5) is 6.66. The Labute approximate surface area is 124 Å². The minimum atomic E-state index is 0.754. The third kappa shape index (κ3) is 2.89. The van der Waals surface area contributed by atoms with Gasteiger partial charge in [0.25, 0.3) is 0 Å². The number of fused-ring (bicyclic) bond motifs is 1. The van der Waals surface area contributed by atoms with Crippen molar-refractivity contribution in [2.24, 2.45) is 0 Å². The molecule has 4 heteroatoms. The van der Waals surface area contributed by atoms with E-state index in [0.29, 0.717) is 0 Å². The number of nitrogens with two attached hydrogens (primary N) is 1. The number of pyridine rings is 1. The molecule has 1 heterocycles. The number of nitrogens with zero attached hydrogens (tertiary/aromatic N) is 2. The van der Waals surface area contributed by atoms with Crippen LogP contribution in [-0.4, -0.2) is 19.1 Å². The lowest BCUT2D eigenvalue weighted by Gasteiger charge is -2.13. The van der Waals surface area contributed by atoms with Gasteiger partial charge in [-0.05, 0) is 54.6 Å². The summed E-state index contributed by atoms with van der Waals surface area (Å²) in [5.41, 5.74) is 9.65. The number of nitrogens with one attached hydrogen (secondary N) is 1. The topological polar surface area (TPSA) is 54.2 Å². The first-order chi connectivity index (χ1) is 10.1. The predicted octanol–water partition coefficient (Wildman–Crippen LogP) is 3.63. The number of benzene rings is 2. The van der Waals surface area contributed by atoms with E-state index in [-0.39, 0.29) is 0 Å². The monoisotopic (exact) mass is 278 g/mol. The molecule has 0 amide bonds. The number of rotatable bonds is 3. The number of nitrogen functional groups attached to an aromatic ring is 1. The highest BCUT2D eigenvalue weighted by atomic mass is 15.1. The van der Waals surface area contributed by atoms with Gasteiger partial charge in [-0.15, -0.1) is 0 Å². The van der Waals surface area contributed by atoms with Crippen LogP contribution in [0.2, 0.25) is 0 Å². The molecular formula is C17H18N4. The fourth-order valence-electron chi connectivity index (χ4n) is 2.20. The molecular weight excluding hydrogens is 260 g/mol. The molecule has 3 aromatic rings. The van der Waals surface area contributed by atoms with E-state index in [4.69, 9.17) is 5.73 Å². The van der Waals surface area contributed by atoms with Crippen molar-refractivity contribution in [3.63, 3.8) is 0 Å². The smallest absolute Gasteiger partial charge is 0.131 e. The second-order valence-corrected chi connectivity index (χ2v) is 5.21.